The van der Waals surface area contributed by atoms with E-state index in [1.165, 1.54) is 32.6 Å². The highest BCUT2D eigenvalue weighted by Gasteiger charge is 2.26. The van der Waals surface area contributed by atoms with Crippen LogP contribution in [0.3, 0.4) is 0 Å². The van der Waals surface area contributed by atoms with Crippen LogP contribution in [-0.4, -0.2) is 51.2 Å². The summed E-state index contributed by atoms with van der Waals surface area (Å²) in [7, 11) is -0.0889. The Morgan fingerprint density at radius 3 is 2.35 bits per heavy atom. The Balaban J connectivity index is 2.52. The summed E-state index contributed by atoms with van der Waals surface area (Å²) in [5.74, 6) is 0.266. The number of fused-ring (bicyclic) bond motifs is 1. The number of hydrogen-bond donors (Lipinski definition) is 0. The summed E-state index contributed by atoms with van der Waals surface area (Å²) in [5.41, 5.74) is 1.01. The number of hydrogen-bond acceptors (Lipinski definition) is 4. The molecular formula is C14H21N3O4S2. The molecule has 2 atom stereocenters. The molecule has 0 aliphatic carbocycles. The van der Waals surface area contributed by atoms with Gasteiger partial charge in [-0.2, -0.15) is 4.31 Å². The van der Waals surface area contributed by atoms with E-state index in [1.807, 2.05) is 0 Å². The van der Waals surface area contributed by atoms with Gasteiger partial charge in [-0.3, -0.25) is 13.3 Å². The van der Waals surface area contributed by atoms with Crippen molar-refractivity contribution in [3.8, 4) is 0 Å². The highest BCUT2D eigenvalue weighted by molar-refractivity contribution is 7.89. The third-order valence-electron chi connectivity index (χ3n) is 4.02. The second-order valence-electron chi connectivity index (χ2n) is 5.66. The van der Waals surface area contributed by atoms with E-state index in [2.05, 4.69) is 0 Å². The van der Waals surface area contributed by atoms with Gasteiger partial charge in [-0.1, -0.05) is 0 Å². The first-order chi connectivity index (χ1) is 10.6. The molecule has 0 aliphatic heterocycles. The molecule has 128 valence electrons. The maximum absolute atomic E-state index is 12.7. The molecule has 2 aromatic rings. The molecule has 1 heterocycles. The van der Waals surface area contributed by atoms with Crippen molar-refractivity contribution in [1.29, 1.82) is 0 Å². The quantitative estimate of drug-likeness (QED) is 0.767. The van der Waals surface area contributed by atoms with Crippen LogP contribution in [0, 0.1) is 0 Å². The van der Waals surface area contributed by atoms with Crippen LogP contribution in [-0.2, 0) is 34.9 Å². The minimum absolute atomic E-state index is 0.113. The normalized spacial score (nSPS) is 15.2. The van der Waals surface area contributed by atoms with Crippen molar-refractivity contribution < 1.29 is 12.6 Å². The van der Waals surface area contributed by atoms with Crippen molar-refractivity contribution in [2.24, 2.45) is 14.1 Å². The number of benzene rings is 1. The number of nitrogens with zero attached hydrogens (tertiary/aromatic N) is 3. The second kappa shape index (κ2) is 6.21. The first-order valence-electron chi connectivity index (χ1n) is 7.01. The molecular weight excluding hydrogens is 338 g/mol. The van der Waals surface area contributed by atoms with Crippen LogP contribution in [0.2, 0.25) is 0 Å². The van der Waals surface area contributed by atoms with E-state index in [9.17, 15) is 17.4 Å². The van der Waals surface area contributed by atoms with E-state index in [0.717, 1.165) is 0 Å². The molecule has 0 saturated carbocycles. The molecule has 0 fully saturated rings. The Hall–Kier alpha value is -1.45. The predicted octanol–water partition coefficient (Wildman–Crippen LogP) is 0.265. The Kier molecular flexibility index (Phi) is 4.84. The molecule has 0 aliphatic rings. The fraction of sp³-hybridized carbons (Fsp3) is 0.500. The summed E-state index contributed by atoms with van der Waals surface area (Å²) in [5, 5.41) is 0. The Bertz CT molecular complexity index is 927. The average Bonchev–Trinajstić information content (AvgIpc) is 2.70. The average molecular weight is 359 g/mol. The molecule has 0 radical (unpaired) electrons. The number of rotatable bonds is 5. The van der Waals surface area contributed by atoms with Gasteiger partial charge in [0.1, 0.15) is 0 Å². The Morgan fingerprint density at radius 2 is 1.78 bits per heavy atom. The van der Waals surface area contributed by atoms with Crippen LogP contribution in [0.4, 0.5) is 0 Å². The van der Waals surface area contributed by atoms with Gasteiger partial charge in [-0.15, -0.1) is 0 Å². The fourth-order valence-electron chi connectivity index (χ4n) is 2.49. The minimum atomic E-state index is -3.72. The molecule has 0 spiro atoms. The monoisotopic (exact) mass is 359 g/mol. The summed E-state index contributed by atoms with van der Waals surface area (Å²) in [4.78, 5) is 12.1. The maximum Gasteiger partial charge on any atom is 0.328 e. The van der Waals surface area contributed by atoms with Gasteiger partial charge in [-0.25, -0.2) is 13.2 Å². The molecule has 1 aromatic heterocycles. The van der Waals surface area contributed by atoms with Crippen LogP contribution >= 0.6 is 0 Å². The zero-order chi connectivity index (χ0) is 17.5. The predicted molar refractivity (Wildman–Crippen MR) is 91.5 cm³/mol. The number of aryl methyl sites for hydroxylation is 2. The van der Waals surface area contributed by atoms with Gasteiger partial charge in [0.2, 0.25) is 10.0 Å². The maximum atomic E-state index is 12.7. The number of sulfonamides is 1. The molecule has 2 unspecified atom stereocenters. The molecule has 7 nitrogen and oxygen atoms in total. The fourth-order valence-corrected chi connectivity index (χ4v) is 4.87. The van der Waals surface area contributed by atoms with Gasteiger partial charge in [0, 0.05) is 50.0 Å². The number of aromatic nitrogens is 2. The molecule has 2 rings (SSSR count). The zero-order valence-corrected chi connectivity index (χ0v) is 15.4. The van der Waals surface area contributed by atoms with Crippen LogP contribution in [0.15, 0.2) is 27.9 Å². The largest absolute Gasteiger partial charge is 0.328 e. The van der Waals surface area contributed by atoms with E-state index in [1.54, 1.807) is 33.3 Å². The van der Waals surface area contributed by atoms with Crippen molar-refractivity contribution in [1.82, 2.24) is 13.4 Å². The topological polar surface area (TPSA) is 81.4 Å². The Labute approximate surface area is 138 Å². The molecule has 0 N–H and O–H groups in total. The van der Waals surface area contributed by atoms with Gasteiger partial charge in [-0.05, 0) is 25.1 Å². The smallest absolute Gasteiger partial charge is 0.295 e. The van der Waals surface area contributed by atoms with E-state index in [0.29, 0.717) is 11.0 Å². The van der Waals surface area contributed by atoms with Crippen molar-refractivity contribution in [2.45, 2.75) is 17.9 Å². The van der Waals surface area contributed by atoms with Crippen molar-refractivity contribution in [2.75, 3.05) is 19.1 Å². The number of imidazole rings is 1. The van der Waals surface area contributed by atoms with Gasteiger partial charge in [0.05, 0.1) is 15.9 Å². The van der Waals surface area contributed by atoms with Crippen molar-refractivity contribution in [3.63, 3.8) is 0 Å². The third-order valence-corrected chi connectivity index (χ3v) is 6.94. The lowest BCUT2D eigenvalue weighted by Gasteiger charge is -2.23. The van der Waals surface area contributed by atoms with Crippen LogP contribution < -0.4 is 5.69 Å². The lowest BCUT2D eigenvalue weighted by Crippen LogP contribution is -2.38. The van der Waals surface area contributed by atoms with Gasteiger partial charge in [0.15, 0.2) is 0 Å². The second-order valence-corrected chi connectivity index (χ2v) is 9.14. The highest BCUT2D eigenvalue weighted by atomic mass is 32.2. The Morgan fingerprint density at radius 1 is 1.22 bits per heavy atom. The summed E-state index contributed by atoms with van der Waals surface area (Å²) < 4.78 is 40.9. The standard InChI is InChI=1S/C14H21N3O4S2/c1-10(9-22(5)19)17(4)23(20,21)11-6-7-12-13(8-11)16(3)14(18)15(12)2/h6-8,10H,9H2,1-5H3. The first kappa shape index (κ1) is 17.9. The molecule has 23 heavy (non-hydrogen) atoms. The molecule has 0 amide bonds. The van der Waals surface area contributed by atoms with Crippen molar-refractivity contribution >= 4 is 31.9 Å². The highest BCUT2D eigenvalue weighted by Crippen LogP contribution is 2.21. The van der Waals surface area contributed by atoms with Gasteiger partial charge < -0.3 is 0 Å². The van der Waals surface area contributed by atoms with Crippen molar-refractivity contribution in [3.05, 3.63) is 28.7 Å². The zero-order valence-electron chi connectivity index (χ0n) is 13.8. The minimum Gasteiger partial charge on any atom is -0.295 e. The van der Waals surface area contributed by atoms with E-state index in [-0.39, 0.29) is 22.4 Å². The summed E-state index contributed by atoms with van der Waals surface area (Å²) >= 11 is 0. The van der Waals surface area contributed by atoms with Gasteiger partial charge >= 0.3 is 5.69 Å². The van der Waals surface area contributed by atoms with Crippen LogP contribution in [0.1, 0.15) is 6.92 Å². The SMILES string of the molecule is CC(CS(C)=O)N(C)S(=O)(=O)c1ccc2c(c1)n(C)c(=O)n2C. The lowest BCUT2D eigenvalue weighted by atomic mass is 10.3. The van der Waals surface area contributed by atoms with Crippen LogP contribution in [0.25, 0.3) is 11.0 Å². The van der Waals surface area contributed by atoms with E-state index < -0.39 is 20.8 Å². The first-order valence-corrected chi connectivity index (χ1v) is 10.2. The summed E-state index contributed by atoms with van der Waals surface area (Å²) in [6, 6.07) is 4.22. The summed E-state index contributed by atoms with van der Waals surface area (Å²) in [6.45, 7) is 1.72. The third kappa shape index (κ3) is 3.13. The van der Waals surface area contributed by atoms with E-state index >= 15 is 0 Å². The van der Waals surface area contributed by atoms with Gasteiger partial charge in [0.25, 0.3) is 0 Å². The van der Waals surface area contributed by atoms with Crippen LogP contribution in [0.5, 0.6) is 0 Å². The molecule has 9 heteroatoms. The van der Waals surface area contributed by atoms with E-state index in [4.69, 9.17) is 0 Å². The molecule has 0 bridgehead atoms. The molecule has 0 saturated heterocycles. The summed E-state index contributed by atoms with van der Waals surface area (Å²) in [6.07, 6.45) is 1.54. The lowest BCUT2D eigenvalue weighted by molar-refractivity contribution is 0.413. The molecule has 1 aromatic carbocycles.